The molecular formula is C7H10F3NO2. The molecule has 13 heavy (non-hydrogen) atoms. The van der Waals surface area contributed by atoms with Crippen LogP contribution < -0.4 is 5.32 Å². The normalized spacial score (nSPS) is 12.3. The molecule has 0 aliphatic heterocycles. The molecule has 0 radical (unpaired) electrons. The standard InChI is InChI=1S/C7H10F3NO2/c1-4(7(12)13)11-3-2-5(8)6(9)10/h4,11H,2-3H2,1H3,(H,12,13)/t4-/m0/s1. The smallest absolute Gasteiger partial charge is 0.320 e. The maximum atomic E-state index is 12.1. The molecule has 2 N–H and O–H groups in total. The SMILES string of the molecule is C[C@H](NCCC(F)=C(F)F)C(=O)O. The molecule has 0 saturated carbocycles. The molecule has 0 aliphatic carbocycles. The zero-order chi connectivity index (χ0) is 10.4. The molecule has 0 aromatic rings. The van der Waals surface area contributed by atoms with Crippen molar-refractivity contribution < 1.29 is 23.1 Å². The largest absolute Gasteiger partial charge is 0.480 e. The third kappa shape index (κ3) is 5.24. The summed E-state index contributed by atoms with van der Waals surface area (Å²) < 4.78 is 35.1. The molecule has 0 heterocycles. The van der Waals surface area contributed by atoms with Crippen molar-refractivity contribution in [2.45, 2.75) is 19.4 Å². The minimum atomic E-state index is -2.36. The molecule has 6 heteroatoms. The average molecular weight is 197 g/mol. The number of halogens is 3. The molecule has 0 aliphatic rings. The topological polar surface area (TPSA) is 49.3 Å². The first-order chi connectivity index (χ1) is 5.95. The Morgan fingerprint density at radius 3 is 2.38 bits per heavy atom. The highest BCUT2D eigenvalue weighted by Crippen LogP contribution is 2.11. The second-order valence-corrected chi connectivity index (χ2v) is 2.43. The minimum absolute atomic E-state index is 0.128. The van der Waals surface area contributed by atoms with E-state index in [-0.39, 0.29) is 6.54 Å². The summed E-state index contributed by atoms with van der Waals surface area (Å²) in [4.78, 5) is 10.2. The van der Waals surface area contributed by atoms with E-state index in [1.54, 1.807) is 0 Å². The second-order valence-electron chi connectivity index (χ2n) is 2.43. The Balaban J connectivity index is 3.69. The van der Waals surface area contributed by atoms with Crippen molar-refractivity contribution in [2.24, 2.45) is 0 Å². The summed E-state index contributed by atoms with van der Waals surface area (Å²) in [5.74, 6) is -2.62. The summed E-state index contributed by atoms with van der Waals surface area (Å²) in [5, 5.41) is 10.7. The first-order valence-corrected chi connectivity index (χ1v) is 3.61. The van der Waals surface area contributed by atoms with Crippen LogP contribution in [0.5, 0.6) is 0 Å². The Bertz CT molecular complexity index is 214. The van der Waals surface area contributed by atoms with E-state index in [9.17, 15) is 18.0 Å². The molecule has 0 fully saturated rings. The van der Waals surface area contributed by atoms with E-state index in [4.69, 9.17) is 5.11 Å². The lowest BCUT2D eigenvalue weighted by molar-refractivity contribution is -0.138. The first-order valence-electron chi connectivity index (χ1n) is 3.61. The van der Waals surface area contributed by atoms with Crippen molar-refractivity contribution in [3.63, 3.8) is 0 Å². The molecule has 3 nitrogen and oxygen atoms in total. The van der Waals surface area contributed by atoms with E-state index in [0.29, 0.717) is 0 Å². The predicted octanol–water partition coefficient (Wildman–Crippen LogP) is 1.52. The molecule has 0 rings (SSSR count). The lowest BCUT2D eigenvalue weighted by Gasteiger charge is -2.07. The van der Waals surface area contributed by atoms with Crippen molar-refractivity contribution in [2.75, 3.05) is 6.54 Å². The van der Waals surface area contributed by atoms with Gasteiger partial charge in [0.1, 0.15) is 6.04 Å². The predicted molar refractivity (Wildman–Crippen MR) is 40.1 cm³/mol. The average Bonchev–Trinajstić information content (AvgIpc) is 2.03. The molecule has 0 spiro atoms. The fourth-order valence-corrected chi connectivity index (χ4v) is 0.580. The lowest BCUT2D eigenvalue weighted by atomic mass is 10.3. The third-order valence-corrected chi connectivity index (χ3v) is 1.37. The summed E-state index contributed by atoms with van der Waals surface area (Å²) in [7, 11) is 0. The van der Waals surface area contributed by atoms with Gasteiger partial charge in [-0.2, -0.15) is 8.78 Å². The van der Waals surface area contributed by atoms with Crippen molar-refractivity contribution in [1.29, 1.82) is 0 Å². The zero-order valence-electron chi connectivity index (χ0n) is 6.98. The number of rotatable bonds is 5. The van der Waals surface area contributed by atoms with E-state index >= 15 is 0 Å². The Kier molecular flexibility index (Phi) is 5.13. The van der Waals surface area contributed by atoms with E-state index in [1.807, 2.05) is 0 Å². The molecule has 0 aromatic heterocycles. The highest BCUT2D eigenvalue weighted by Gasteiger charge is 2.10. The third-order valence-electron chi connectivity index (χ3n) is 1.37. The molecule has 0 aromatic carbocycles. The fourth-order valence-electron chi connectivity index (χ4n) is 0.580. The van der Waals surface area contributed by atoms with Crippen LogP contribution in [-0.2, 0) is 4.79 Å². The zero-order valence-corrected chi connectivity index (χ0v) is 6.98. The molecule has 0 amide bonds. The number of carbonyl (C=O) groups is 1. The monoisotopic (exact) mass is 197 g/mol. The van der Waals surface area contributed by atoms with Crippen LogP contribution in [0.25, 0.3) is 0 Å². The van der Waals surface area contributed by atoms with Gasteiger partial charge in [0.05, 0.1) is 0 Å². The maximum absolute atomic E-state index is 12.1. The van der Waals surface area contributed by atoms with E-state index in [1.165, 1.54) is 6.92 Å². The van der Waals surface area contributed by atoms with Gasteiger partial charge in [0.2, 0.25) is 0 Å². The van der Waals surface area contributed by atoms with Gasteiger partial charge in [-0.05, 0) is 6.92 Å². The number of carboxylic acids is 1. The molecule has 1 atom stereocenters. The summed E-state index contributed by atoms with van der Waals surface area (Å²) in [6, 6.07) is -0.865. The van der Waals surface area contributed by atoms with Crippen molar-refractivity contribution in [1.82, 2.24) is 5.32 Å². The van der Waals surface area contributed by atoms with Crippen LogP contribution in [0.1, 0.15) is 13.3 Å². The van der Waals surface area contributed by atoms with Gasteiger partial charge in [-0.15, -0.1) is 0 Å². The van der Waals surface area contributed by atoms with Gasteiger partial charge < -0.3 is 10.4 Å². The van der Waals surface area contributed by atoms with Crippen LogP contribution >= 0.6 is 0 Å². The van der Waals surface area contributed by atoms with Crippen LogP contribution in [-0.4, -0.2) is 23.7 Å². The van der Waals surface area contributed by atoms with Gasteiger partial charge in [0.25, 0.3) is 0 Å². The number of hydrogen-bond donors (Lipinski definition) is 2. The number of aliphatic carboxylic acids is 1. The Morgan fingerprint density at radius 1 is 1.46 bits per heavy atom. The first kappa shape index (κ1) is 12.0. The number of nitrogens with one attached hydrogen (secondary N) is 1. The summed E-state index contributed by atoms with van der Waals surface area (Å²) in [6.07, 6.45) is -2.86. The highest BCUT2D eigenvalue weighted by atomic mass is 19.3. The van der Waals surface area contributed by atoms with Gasteiger partial charge >= 0.3 is 12.0 Å². The summed E-state index contributed by atoms with van der Waals surface area (Å²) in [6.45, 7) is 1.21. The van der Waals surface area contributed by atoms with E-state index in [2.05, 4.69) is 5.32 Å². The van der Waals surface area contributed by atoms with Crippen molar-refractivity contribution >= 4 is 5.97 Å². The van der Waals surface area contributed by atoms with Gasteiger partial charge in [0, 0.05) is 13.0 Å². The van der Waals surface area contributed by atoms with Gasteiger partial charge in [-0.1, -0.05) is 0 Å². The summed E-state index contributed by atoms with van der Waals surface area (Å²) >= 11 is 0. The van der Waals surface area contributed by atoms with Gasteiger partial charge in [-0.25, -0.2) is 4.39 Å². The second kappa shape index (κ2) is 5.58. The number of hydrogen-bond acceptors (Lipinski definition) is 2. The van der Waals surface area contributed by atoms with Crippen molar-refractivity contribution in [3.8, 4) is 0 Å². The van der Waals surface area contributed by atoms with Gasteiger partial charge in [0.15, 0.2) is 5.83 Å². The van der Waals surface area contributed by atoms with Crippen LogP contribution in [0, 0.1) is 0 Å². The highest BCUT2D eigenvalue weighted by molar-refractivity contribution is 5.72. The molecule has 0 unspecified atom stereocenters. The summed E-state index contributed by atoms with van der Waals surface area (Å²) in [5.41, 5.74) is 0. The van der Waals surface area contributed by atoms with Crippen LogP contribution in [0.3, 0.4) is 0 Å². The minimum Gasteiger partial charge on any atom is -0.480 e. The fraction of sp³-hybridized carbons (Fsp3) is 0.571. The lowest BCUT2D eigenvalue weighted by Crippen LogP contribution is -2.34. The number of carboxylic acid groups (broad SMARTS) is 1. The van der Waals surface area contributed by atoms with Gasteiger partial charge in [-0.3, -0.25) is 4.79 Å². The maximum Gasteiger partial charge on any atom is 0.320 e. The molecule has 0 bridgehead atoms. The molecule has 76 valence electrons. The van der Waals surface area contributed by atoms with Crippen LogP contribution in [0.2, 0.25) is 0 Å². The quantitative estimate of drug-likeness (QED) is 0.702. The Hall–Kier alpha value is -1.04. The molecule has 0 saturated heterocycles. The Morgan fingerprint density at radius 2 is 2.00 bits per heavy atom. The van der Waals surface area contributed by atoms with E-state index < -0.39 is 30.3 Å². The van der Waals surface area contributed by atoms with Crippen molar-refractivity contribution in [3.05, 3.63) is 11.9 Å². The van der Waals surface area contributed by atoms with E-state index in [0.717, 1.165) is 0 Å². The molecular weight excluding hydrogens is 187 g/mol. The van der Waals surface area contributed by atoms with Crippen LogP contribution in [0.4, 0.5) is 13.2 Å². The van der Waals surface area contributed by atoms with Crippen LogP contribution in [0.15, 0.2) is 11.9 Å². The Labute approximate surface area is 73.2 Å².